The highest BCUT2D eigenvalue weighted by Gasteiger charge is 2.28. The molecule has 2 rings (SSSR count). The molecule has 1 aromatic heterocycles. The third-order valence-corrected chi connectivity index (χ3v) is 3.52. The van der Waals surface area contributed by atoms with Gasteiger partial charge in [0.15, 0.2) is 0 Å². The predicted octanol–water partition coefficient (Wildman–Crippen LogP) is 2.18. The number of nitrogens with zero attached hydrogens (tertiary/aromatic N) is 3. The molecular formula is C14H24N4O. The van der Waals surface area contributed by atoms with Crippen molar-refractivity contribution in [3.63, 3.8) is 0 Å². The Morgan fingerprint density at radius 3 is 2.68 bits per heavy atom. The summed E-state index contributed by atoms with van der Waals surface area (Å²) in [5.41, 5.74) is 1.12. The molecule has 0 amide bonds. The van der Waals surface area contributed by atoms with Gasteiger partial charge in [-0.1, -0.05) is 0 Å². The van der Waals surface area contributed by atoms with Gasteiger partial charge in [-0.25, -0.2) is 9.97 Å². The normalized spacial score (nSPS) is 14.5. The standard InChI is InChI=1S/C14H24N4O/c1-10-12(15-2)16-13(11-6-7-11)17-14(10)18(3)8-5-9-19-4/h11H,5-9H2,1-4H3,(H,15,16,17). The quantitative estimate of drug-likeness (QED) is 0.765. The van der Waals surface area contributed by atoms with Crippen LogP contribution in [0.15, 0.2) is 0 Å². The fraction of sp³-hybridized carbons (Fsp3) is 0.714. The lowest BCUT2D eigenvalue weighted by Crippen LogP contribution is -2.23. The number of anilines is 2. The van der Waals surface area contributed by atoms with E-state index in [-0.39, 0.29) is 0 Å². The van der Waals surface area contributed by atoms with Crippen molar-refractivity contribution in [2.75, 3.05) is 44.6 Å². The molecular weight excluding hydrogens is 240 g/mol. The molecule has 19 heavy (non-hydrogen) atoms. The van der Waals surface area contributed by atoms with E-state index in [2.05, 4.69) is 29.2 Å². The van der Waals surface area contributed by atoms with Crippen LogP contribution in [0.4, 0.5) is 11.6 Å². The molecule has 0 aromatic carbocycles. The molecule has 5 nitrogen and oxygen atoms in total. The summed E-state index contributed by atoms with van der Waals surface area (Å²) < 4.78 is 5.10. The summed E-state index contributed by atoms with van der Waals surface area (Å²) in [6, 6.07) is 0. The average molecular weight is 264 g/mol. The van der Waals surface area contributed by atoms with Crippen LogP contribution in [0, 0.1) is 6.92 Å². The summed E-state index contributed by atoms with van der Waals surface area (Å²) in [7, 11) is 5.74. The molecule has 0 radical (unpaired) electrons. The Hall–Kier alpha value is -1.36. The van der Waals surface area contributed by atoms with E-state index in [9.17, 15) is 0 Å². The lowest BCUT2D eigenvalue weighted by molar-refractivity contribution is 0.196. The van der Waals surface area contributed by atoms with Crippen molar-refractivity contribution in [3.8, 4) is 0 Å². The minimum absolute atomic E-state index is 0.568. The second kappa shape index (κ2) is 6.19. The maximum atomic E-state index is 5.10. The SMILES string of the molecule is CNc1nc(C2CC2)nc(N(C)CCCOC)c1C. The van der Waals surface area contributed by atoms with Crippen molar-refractivity contribution in [1.29, 1.82) is 0 Å². The maximum Gasteiger partial charge on any atom is 0.137 e. The van der Waals surface area contributed by atoms with Crippen LogP contribution in [0.2, 0.25) is 0 Å². The van der Waals surface area contributed by atoms with E-state index in [1.807, 2.05) is 7.05 Å². The largest absolute Gasteiger partial charge is 0.385 e. The van der Waals surface area contributed by atoms with Crippen molar-refractivity contribution in [2.24, 2.45) is 0 Å². The van der Waals surface area contributed by atoms with Gasteiger partial charge >= 0.3 is 0 Å². The zero-order valence-corrected chi connectivity index (χ0v) is 12.4. The molecule has 0 spiro atoms. The van der Waals surface area contributed by atoms with Gasteiger partial charge in [-0.15, -0.1) is 0 Å². The molecule has 0 atom stereocenters. The van der Waals surface area contributed by atoms with E-state index in [1.54, 1.807) is 7.11 Å². The van der Waals surface area contributed by atoms with E-state index in [0.717, 1.165) is 42.6 Å². The van der Waals surface area contributed by atoms with Crippen LogP contribution < -0.4 is 10.2 Å². The minimum Gasteiger partial charge on any atom is -0.385 e. The molecule has 1 fully saturated rings. The van der Waals surface area contributed by atoms with E-state index < -0.39 is 0 Å². The Kier molecular flexibility index (Phi) is 4.58. The van der Waals surface area contributed by atoms with E-state index in [0.29, 0.717) is 5.92 Å². The Morgan fingerprint density at radius 2 is 2.11 bits per heavy atom. The zero-order chi connectivity index (χ0) is 13.8. The average Bonchev–Trinajstić information content (AvgIpc) is 3.23. The highest BCUT2D eigenvalue weighted by Crippen LogP contribution is 2.39. The zero-order valence-electron chi connectivity index (χ0n) is 12.4. The highest BCUT2D eigenvalue weighted by molar-refractivity contribution is 5.58. The van der Waals surface area contributed by atoms with Crippen LogP contribution in [-0.4, -0.2) is 44.3 Å². The van der Waals surface area contributed by atoms with Gasteiger partial charge in [-0.05, 0) is 26.2 Å². The number of rotatable bonds is 7. The van der Waals surface area contributed by atoms with Crippen LogP contribution >= 0.6 is 0 Å². The number of hydrogen-bond donors (Lipinski definition) is 1. The molecule has 1 heterocycles. The van der Waals surface area contributed by atoms with Crippen LogP contribution in [0.5, 0.6) is 0 Å². The smallest absolute Gasteiger partial charge is 0.137 e. The van der Waals surface area contributed by atoms with Crippen LogP contribution in [0.25, 0.3) is 0 Å². The molecule has 0 aliphatic heterocycles. The number of hydrogen-bond acceptors (Lipinski definition) is 5. The first-order valence-electron chi connectivity index (χ1n) is 6.93. The van der Waals surface area contributed by atoms with Gasteiger partial charge in [-0.2, -0.15) is 0 Å². The molecule has 0 saturated heterocycles. The molecule has 5 heteroatoms. The summed E-state index contributed by atoms with van der Waals surface area (Å²) >= 11 is 0. The van der Waals surface area contributed by atoms with Gasteiger partial charge in [-0.3, -0.25) is 0 Å². The molecule has 0 unspecified atom stereocenters. The molecule has 1 aliphatic rings. The fourth-order valence-corrected chi connectivity index (χ4v) is 2.21. The fourth-order valence-electron chi connectivity index (χ4n) is 2.21. The van der Waals surface area contributed by atoms with Crippen LogP contribution in [0.3, 0.4) is 0 Å². The van der Waals surface area contributed by atoms with Crippen molar-refractivity contribution in [1.82, 2.24) is 9.97 Å². The van der Waals surface area contributed by atoms with Gasteiger partial charge in [0.25, 0.3) is 0 Å². The molecule has 1 aromatic rings. The Labute approximate surface area is 115 Å². The summed E-state index contributed by atoms with van der Waals surface area (Å²) in [4.78, 5) is 11.6. The first-order chi connectivity index (χ1) is 9.17. The Morgan fingerprint density at radius 1 is 1.37 bits per heavy atom. The maximum absolute atomic E-state index is 5.10. The monoisotopic (exact) mass is 264 g/mol. The summed E-state index contributed by atoms with van der Waals surface area (Å²) in [5.74, 6) is 3.55. The minimum atomic E-state index is 0.568. The second-order valence-corrected chi connectivity index (χ2v) is 5.17. The Balaban J connectivity index is 2.19. The topological polar surface area (TPSA) is 50.3 Å². The lowest BCUT2D eigenvalue weighted by atomic mass is 10.2. The number of aromatic nitrogens is 2. The Bertz CT molecular complexity index is 432. The summed E-state index contributed by atoms with van der Waals surface area (Å²) in [5, 5.41) is 3.18. The summed E-state index contributed by atoms with van der Waals surface area (Å²) in [6.45, 7) is 3.80. The van der Waals surface area contributed by atoms with Gasteiger partial charge in [0.05, 0.1) is 0 Å². The third-order valence-electron chi connectivity index (χ3n) is 3.52. The number of ether oxygens (including phenoxy) is 1. The van der Waals surface area contributed by atoms with Crippen molar-refractivity contribution in [2.45, 2.75) is 32.1 Å². The molecule has 106 valence electrons. The van der Waals surface area contributed by atoms with E-state index in [1.165, 1.54) is 12.8 Å². The lowest BCUT2D eigenvalue weighted by Gasteiger charge is -2.22. The van der Waals surface area contributed by atoms with Crippen LogP contribution in [0.1, 0.15) is 36.6 Å². The first-order valence-corrected chi connectivity index (χ1v) is 6.93. The van der Waals surface area contributed by atoms with Gasteiger partial charge < -0.3 is 15.0 Å². The second-order valence-electron chi connectivity index (χ2n) is 5.17. The van der Waals surface area contributed by atoms with Gasteiger partial charge in [0.2, 0.25) is 0 Å². The van der Waals surface area contributed by atoms with Gasteiger partial charge in [0, 0.05) is 45.8 Å². The molecule has 1 saturated carbocycles. The molecule has 0 bridgehead atoms. The van der Waals surface area contributed by atoms with E-state index >= 15 is 0 Å². The van der Waals surface area contributed by atoms with Crippen LogP contribution in [-0.2, 0) is 4.74 Å². The van der Waals surface area contributed by atoms with Crippen molar-refractivity contribution < 1.29 is 4.74 Å². The first kappa shape index (κ1) is 14.1. The predicted molar refractivity (Wildman–Crippen MR) is 78.1 cm³/mol. The van der Waals surface area contributed by atoms with Crippen molar-refractivity contribution in [3.05, 3.63) is 11.4 Å². The number of nitrogens with one attached hydrogen (secondary N) is 1. The molecule has 1 aliphatic carbocycles. The highest BCUT2D eigenvalue weighted by atomic mass is 16.5. The summed E-state index contributed by atoms with van der Waals surface area (Å²) in [6.07, 6.45) is 3.45. The third kappa shape index (κ3) is 3.35. The van der Waals surface area contributed by atoms with E-state index in [4.69, 9.17) is 9.72 Å². The van der Waals surface area contributed by atoms with Crippen molar-refractivity contribution >= 4 is 11.6 Å². The molecule has 1 N–H and O–H groups in total. The number of methoxy groups -OCH3 is 1. The van der Waals surface area contributed by atoms with Gasteiger partial charge in [0.1, 0.15) is 17.5 Å².